The molecule has 0 unspecified atom stereocenters. The van der Waals surface area contributed by atoms with Crippen LogP contribution in [-0.4, -0.2) is 24.5 Å². The second-order valence-corrected chi connectivity index (χ2v) is 6.04. The number of ether oxygens (including phenoxy) is 1. The summed E-state index contributed by atoms with van der Waals surface area (Å²) in [6, 6.07) is 12.2. The highest BCUT2D eigenvalue weighted by Gasteiger charge is 2.10. The van der Waals surface area contributed by atoms with E-state index in [1.165, 1.54) is 12.1 Å². The van der Waals surface area contributed by atoms with E-state index in [9.17, 15) is 9.18 Å². The Balaban J connectivity index is 1.58. The molecule has 3 aromatic rings. The van der Waals surface area contributed by atoms with E-state index in [0.717, 1.165) is 33.5 Å². The van der Waals surface area contributed by atoms with Crippen molar-refractivity contribution in [2.45, 2.75) is 19.8 Å². The number of methoxy groups -OCH3 is 1. The molecule has 0 saturated carbocycles. The molecule has 0 aliphatic heterocycles. The van der Waals surface area contributed by atoms with Crippen LogP contribution in [-0.2, 0) is 17.6 Å². The predicted molar refractivity (Wildman–Crippen MR) is 96.4 cm³/mol. The molecule has 130 valence electrons. The normalized spacial score (nSPS) is 10.8. The van der Waals surface area contributed by atoms with Crippen molar-refractivity contribution in [3.63, 3.8) is 0 Å². The summed E-state index contributed by atoms with van der Waals surface area (Å²) in [5.41, 5.74) is 3.89. The lowest BCUT2D eigenvalue weighted by molar-refractivity contribution is -0.120. The lowest BCUT2D eigenvalue weighted by atomic mass is 10.1. The molecule has 2 N–H and O–H groups in total. The fourth-order valence-corrected chi connectivity index (χ4v) is 2.99. The second-order valence-electron chi connectivity index (χ2n) is 6.04. The third kappa shape index (κ3) is 3.99. The van der Waals surface area contributed by atoms with Crippen LogP contribution in [0.4, 0.5) is 4.39 Å². The van der Waals surface area contributed by atoms with Gasteiger partial charge in [-0.2, -0.15) is 0 Å². The summed E-state index contributed by atoms with van der Waals surface area (Å²) in [7, 11) is 1.61. The maximum atomic E-state index is 13.5. The summed E-state index contributed by atoms with van der Waals surface area (Å²) in [6.45, 7) is 2.48. The third-order valence-electron chi connectivity index (χ3n) is 4.30. The summed E-state index contributed by atoms with van der Waals surface area (Å²) < 4.78 is 18.6. The first-order valence-electron chi connectivity index (χ1n) is 8.23. The molecule has 1 amide bonds. The SMILES string of the molecule is COc1ccc(CC(=O)NCCc2c(C)[nH]c3ccc(F)cc23)cc1. The quantitative estimate of drug-likeness (QED) is 0.721. The zero-order valence-corrected chi connectivity index (χ0v) is 14.4. The highest BCUT2D eigenvalue weighted by molar-refractivity contribution is 5.85. The first kappa shape index (κ1) is 17.0. The van der Waals surface area contributed by atoms with E-state index in [0.29, 0.717) is 19.4 Å². The molecule has 4 nitrogen and oxygen atoms in total. The maximum Gasteiger partial charge on any atom is 0.224 e. The minimum Gasteiger partial charge on any atom is -0.497 e. The van der Waals surface area contributed by atoms with Crippen LogP contribution >= 0.6 is 0 Å². The van der Waals surface area contributed by atoms with Crippen LogP contribution in [0.2, 0.25) is 0 Å². The van der Waals surface area contributed by atoms with Crippen molar-refractivity contribution in [2.24, 2.45) is 0 Å². The predicted octanol–water partition coefficient (Wildman–Crippen LogP) is 3.53. The summed E-state index contributed by atoms with van der Waals surface area (Å²) in [5.74, 6) is 0.483. The molecule has 0 bridgehead atoms. The number of halogens is 1. The van der Waals surface area contributed by atoms with E-state index < -0.39 is 0 Å². The van der Waals surface area contributed by atoms with Gasteiger partial charge in [0.15, 0.2) is 0 Å². The molecule has 0 fully saturated rings. The first-order chi connectivity index (χ1) is 12.1. The van der Waals surface area contributed by atoms with Crippen LogP contribution in [0.25, 0.3) is 10.9 Å². The molecule has 2 aromatic carbocycles. The fraction of sp³-hybridized carbons (Fsp3) is 0.250. The number of H-pyrrole nitrogens is 1. The lowest BCUT2D eigenvalue weighted by Gasteiger charge is -2.07. The van der Waals surface area contributed by atoms with Gasteiger partial charge >= 0.3 is 0 Å². The molecule has 1 heterocycles. The number of hydrogen-bond donors (Lipinski definition) is 2. The minimum atomic E-state index is -0.253. The van der Waals surface area contributed by atoms with Crippen LogP contribution in [0.1, 0.15) is 16.8 Å². The van der Waals surface area contributed by atoms with Gasteiger partial charge in [0, 0.05) is 23.1 Å². The van der Waals surface area contributed by atoms with Crippen LogP contribution < -0.4 is 10.1 Å². The summed E-state index contributed by atoms with van der Waals surface area (Å²) in [4.78, 5) is 15.3. The summed E-state index contributed by atoms with van der Waals surface area (Å²) in [6.07, 6.45) is 0.981. The average Bonchev–Trinajstić information content (AvgIpc) is 2.91. The van der Waals surface area contributed by atoms with Crippen molar-refractivity contribution in [2.75, 3.05) is 13.7 Å². The Morgan fingerprint density at radius 3 is 2.68 bits per heavy atom. The first-order valence-corrected chi connectivity index (χ1v) is 8.23. The molecule has 0 aliphatic rings. The Morgan fingerprint density at radius 2 is 1.96 bits per heavy atom. The molecule has 0 saturated heterocycles. The van der Waals surface area contributed by atoms with E-state index in [2.05, 4.69) is 10.3 Å². The number of aromatic amines is 1. The Labute approximate surface area is 146 Å². The van der Waals surface area contributed by atoms with Crippen LogP contribution in [0.5, 0.6) is 5.75 Å². The Bertz CT molecular complexity index is 885. The van der Waals surface area contributed by atoms with Crippen molar-refractivity contribution in [3.05, 3.63) is 65.1 Å². The summed E-state index contributed by atoms with van der Waals surface area (Å²) in [5, 5.41) is 3.80. The second kappa shape index (κ2) is 7.38. The molecule has 0 spiro atoms. The van der Waals surface area contributed by atoms with E-state index >= 15 is 0 Å². The highest BCUT2D eigenvalue weighted by atomic mass is 19.1. The number of amides is 1. The number of benzene rings is 2. The number of carbonyl (C=O) groups excluding carboxylic acids is 1. The van der Waals surface area contributed by atoms with Crippen LogP contribution in [0, 0.1) is 12.7 Å². The topological polar surface area (TPSA) is 54.1 Å². The number of carbonyl (C=O) groups is 1. The van der Waals surface area contributed by atoms with Gasteiger partial charge in [-0.1, -0.05) is 12.1 Å². The number of rotatable bonds is 6. The van der Waals surface area contributed by atoms with Gasteiger partial charge in [0.1, 0.15) is 11.6 Å². The maximum absolute atomic E-state index is 13.5. The number of fused-ring (bicyclic) bond motifs is 1. The third-order valence-corrected chi connectivity index (χ3v) is 4.30. The molecule has 5 heteroatoms. The van der Waals surface area contributed by atoms with Crippen molar-refractivity contribution in [1.82, 2.24) is 10.3 Å². The van der Waals surface area contributed by atoms with E-state index in [1.54, 1.807) is 13.2 Å². The molecule has 0 atom stereocenters. The Hall–Kier alpha value is -2.82. The smallest absolute Gasteiger partial charge is 0.224 e. The molecule has 3 rings (SSSR count). The molecule has 1 aromatic heterocycles. The van der Waals surface area contributed by atoms with Crippen molar-refractivity contribution in [3.8, 4) is 5.75 Å². The summed E-state index contributed by atoms with van der Waals surface area (Å²) >= 11 is 0. The van der Waals surface area contributed by atoms with Crippen LogP contribution in [0.3, 0.4) is 0 Å². The van der Waals surface area contributed by atoms with Gasteiger partial charge < -0.3 is 15.0 Å². The fourth-order valence-electron chi connectivity index (χ4n) is 2.99. The van der Waals surface area contributed by atoms with Gasteiger partial charge in [0.2, 0.25) is 5.91 Å². The number of aryl methyl sites for hydroxylation is 1. The van der Waals surface area contributed by atoms with Crippen molar-refractivity contribution < 1.29 is 13.9 Å². The van der Waals surface area contributed by atoms with Crippen molar-refractivity contribution in [1.29, 1.82) is 0 Å². The molecule has 25 heavy (non-hydrogen) atoms. The van der Waals surface area contributed by atoms with Gasteiger partial charge in [-0.15, -0.1) is 0 Å². The van der Waals surface area contributed by atoms with Gasteiger partial charge in [-0.05, 0) is 54.8 Å². The van der Waals surface area contributed by atoms with E-state index in [1.807, 2.05) is 31.2 Å². The lowest BCUT2D eigenvalue weighted by Crippen LogP contribution is -2.27. The Kier molecular flexibility index (Phi) is 5.03. The van der Waals surface area contributed by atoms with E-state index in [-0.39, 0.29) is 11.7 Å². The van der Waals surface area contributed by atoms with E-state index in [4.69, 9.17) is 4.74 Å². The Morgan fingerprint density at radius 1 is 1.20 bits per heavy atom. The molecule has 0 radical (unpaired) electrons. The monoisotopic (exact) mass is 340 g/mol. The van der Waals surface area contributed by atoms with Crippen LogP contribution in [0.15, 0.2) is 42.5 Å². The molecular weight excluding hydrogens is 319 g/mol. The van der Waals surface area contributed by atoms with Gasteiger partial charge in [-0.25, -0.2) is 4.39 Å². The highest BCUT2D eigenvalue weighted by Crippen LogP contribution is 2.23. The average molecular weight is 340 g/mol. The van der Waals surface area contributed by atoms with Gasteiger partial charge in [-0.3, -0.25) is 4.79 Å². The van der Waals surface area contributed by atoms with Gasteiger partial charge in [0.05, 0.1) is 13.5 Å². The zero-order valence-electron chi connectivity index (χ0n) is 14.4. The molecule has 0 aliphatic carbocycles. The van der Waals surface area contributed by atoms with Crippen molar-refractivity contribution >= 4 is 16.8 Å². The number of hydrogen-bond acceptors (Lipinski definition) is 2. The largest absolute Gasteiger partial charge is 0.497 e. The molecular formula is C20H21FN2O2. The number of nitrogens with one attached hydrogen (secondary N) is 2. The minimum absolute atomic E-state index is 0.0335. The standard InChI is InChI=1S/C20H21FN2O2/c1-13-17(18-12-15(21)5-8-19(18)23-13)9-10-22-20(24)11-14-3-6-16(25-2)7-4-14/h3-8,12,23H,9-11H2,1-2H3,(H,22,24). The number of aromatic nitrogens is 1. The van der Waals surface area contributed by atoms with Gasteiger partial charge in [0.25, 0.3) is 0 Å². The zero-order chi connectivity index (χ0) is 17.8.